The second kappa shape index (κ2) is 9.42. The lowest BCUT2D eigenvalue weighted by molar-refractivity contribution is -0.385. The molecule has 1 N–H and O–H groups in total. The molecular weight excluding hydrogens is 511 g/mol. The van der Waals surface area contributed by atoms with Crippen molar-refractivity contribution in [2.45, 2.75) is 24.9 Å². The van der Waals surface area contributed by atoms with Crippen LogP contribution in [0.2, 0.25) is 0 Å². The number of nitrogens with one attached hydrogen (secondary N) is 1. The second-order valence-electron chi connectivity index (χ2n) is 10.2. The molecule has 4 heterocycles. The smallest absolute Gasteiger partial charge is 0.272 e. The maximum Gasteiger partial charge on any atom is 0.272 e. The average Bonchev–Trinajstić information content (AvgIpc) is 3.13. The molecule has 39 heavy (non-hydrogen) atoms. The molecule has 0 radical (unpaired) electrons. The number of amides is 4. The third-order valence-corrected chi connectivity index (χ3v) is 7.96. The van der Waals surface area contributed by atoms with Crippen LogP contribution in [0, 0.1) is 15.9 Å². The van der Waals surface area contributed by atoms with E-state index in [0.29, 0.717) is 31.9 Å². The molecule has 2 aromatic rings. The van der Waals surface area contributed by atoms with Crippen molar-refractivity contribution in [3.05, 3.63) is 63.5 Å². The topological polar surface area (TPSA) is 136 Å². The van der Waals surface area contributed by atoms with E-state index in [1.165, 1.54) is 12.1 Å². The first-order valence-corrected chi connectivity index (χ1v) is 12.7. The van der Waals surface area contributed by atoms with Crippen LogP contribution in [0.4, 0.5) is 21.5 Å². The van der Waals surface area contributed by atoms with Gasteiger partial charge in [-0.15, -0.1) is 0 Å². The number of carbonyl (C=O) groups is 4. The van der Waals surface area contributed by atoms with Crippen LogP contribution in [0.5, 0.6) is 0 Å². The molecule has 3 saturated heterocycles. The lowest BCUT2D eigenvalue weighted by atomic mass is 10.0. The van der Waals surface area contributed by atoms with Crippen LogP contribution >= 0.6 is 0 Å². The van der Waals surface area contributed by atoms with Crippen LogP contribution in [-0.2, 0) is 9.59 Å². The molecule has 4 amide bonds. The summed E-state index contributed by atoms with van der Waals surface area (Å²) in [4.78, 5) is 67.3. The molecule has 0 bridgehead atoms. The number of fused-ring (bicyclic) bond motifs is 1. The van der Waals surface area contributed by atoms with Crippen LogP contribution in [0.1, 0.15) is 33.6 Å². The molecule has 2 aromatic carbocycles. The van der Waals surface area contributed by atoms with Gasteiger partial charge in [-0.25, -0.2) is 4.39 Å². The van der Waals surface area contributed by atoms with Crippen molar-refractivity contribution in [3.8, 4) is 0 Å². The maximum atomic E-state index is 14.4. The predicted molar refractivity (Wildman–Crippen MR) is 136 cm³/mol. The molecule has 12 nitrogen and oxygen atoms in total. The van der Waals surface area contributed by atoms with E-state index in [0.717, 1.165) is 29.7 Å². The molecule has 4 aliphatic rings. The normalized spacial score (nSPS) is 22.2. The minimum absolute atomic E-state index is 0.0707. The van der Waals surface area contributed by atoms with Crippen molar-refractivity contribution in [1.29, 1.82) is 0 Å². The summed E-state index contributed by atoms with van der Waals surface area (Å²) in [6, 6.07) is 8.09. The van der Waals surface area contributed by atoms with Gasteiger partial charge in [0.15, 0.2) is 5.82 Å². The predicted octanol–water partition coefficient (Wildman–Crippen LogP) is 1.15. The van der Waals surface area contributed by atoms with Crippen molar-refractivity contribution >= 4 is 40.7 Å². The number of nitro groups is 1. The fourth-order valence-corrected chi connectivity index (χ4v) is 5.75. The molecule has 0 saturated carbocycles. The summed E-state index contributed by atoms with van der Waals surface area (Å²) in [5.74, 6) is -2.71. The molecule has 6 rings (SSSR count). The molecular formula is C26H25FN6O6. The van der Waals surface area contributed by atoms with Crippen molar-refractivity contribution < 1.29 is 28.5 Å². The van der Waals surface area contributed by atoms with Gasteiger partial charge in [0, 0.05) is 63.5 Å². The SMILES string of the molecule is O=C1CCC(N2C(=O)c3ccc(N4CC(N5CCN(c6ccc([N+](=O)[O-])cc6F)CC5)C4)cc3C2=O)C(=O)N1. The number of non-ortho nitro benzene ring substituents is 1. The molecule has 0 spiro atoms. The number of hydrogen-bond acceptors (Lipinski definition) is 9. The summed E-state index contributed by atoms with van der Waals surface area (Å²) in [6.45, 7) is 4.07. The van der Waals surface area contributed by atoms with E-state index in [2.05, 4.69) is 15.1 Å². The van der Waals surface area contributed by atoms with Crippen LogP contribution < -0.4 is 15.1 Å². The van der Waals surface area contributed by atoms with Gasteiger partial charge in [-0.3, -0.25) is 44.4 Å². The summed E-state index contributed by atoms with van der Waals surface area (Å²) in [7, 11) is 0. The van der Waals surface area contributed by atoms with Crippen molar-refractivity contribution in [1.82, 2.24) is 15.1 Å². The van der Waals surface area contributed by atoms with Gasteiger partial charge < -0.3 is 9.80 Å². The van der Waals surface area contributed by atoms with Crippen LogP contribution in [-0.4, -0.2) is 89.7 Å². The summed E-state index contributed by atoms with van der Waals surface area (Å²) < 4.78 is 14.4. The molecule has 3 fully saturated rings. The van der Waals surface area contributed by atoms with Gasteiger partial charge >= 0.3 is 0 Å². The number of nitro benzene ring substituents is 1. The van der Waals surface area contributed by atoms with Gasteiger partial charge in [0.1, 0.15) is 6.04 Å². The zero-order chi connectivity index (χ0) is 27.4. The Hall–Kier alpha value is -4.39. The van der Waals surface area contributed by atoms with Gasteiger partial charge in [-0.1, -0.05) is 0 Å². The Kier molecular flexibility index (Phi) is 6.02. The molecule has 1 unspecified atom stereocenters. The molecule has 13 heteroatoms. The number of imide groups is 2. The van der Waals surface area contributed by atoms with E-state index in [-0.39, 0.29) is 35.7 Å². The first-order chi connectivity index (χ1) is 18.7. The maximum absolute atomic E-state index is 14.4. The summed E-state index contributed by atoms with van der Waals surface area (Å²) in [5.41, 5.74) is 1.40. The first-order valence-electron chi connectivity index (χ1n) is 12.7. The lowest BCUT2D eigenvalue weighted by Crippen LogP contribution is -2.63. The Bertz CT molecular complexity index is 1420. The summed E-state index contributed by atoms with van der Waals surface area (Å²) >= 11 is 0. The number of halogens is 1. The minimum Gasteiger partial charge on any atom is -0.368 e. The van der Waals surface area contributed by atoms with E-state index in [9.17, 15) is 33.7 Å². The highest BCUT2D eigenvalue weighted by Crippen LogP contribution is 2.33. The average molecular weight is 537 g/mol. The second-order valence-corrected chi connectivity index (χ2v) is 10.2. The zero-order valence-electron chi connectivity index (χ0n) is 20.8. The van der Waals surface area contributed by atoms with E-state index in [1.807, 2.05) is 4.90 Å². The number of benzene rings is 2. The van der Waals surface area contributed by atoms with Crippen molar-refractivity contribution in [3.63, 3.8) is 0 Å². The molecule has 4 aliphatic heterocycles. The highest BCUT2D eigenvalue weighted by molar-refractivity contribution is 6.23. The first kappa shape index (κ1) is 24.9. The monoisotopic (exact) mass is 536 g/mol. The Morgan fingerprint density at radius 3 is 2.28 bits per heavy atom. The number of nitrogens with zero attached hydrogens (tertiary/aromatic N) is 5. The number of piperidine rings is 1. The number of rotatable bonds is 5. The largest absolute Gasteiger partial charge is 0.368 e. The van der Waals surface area contributed by atoms with Crippen molar-refractivity contribution in [2.75, 3.05) is 49.1 Å². The Labute approximate surface area is 222 Å². The number of anilines is 2. The van der Waals surface area contributed by atoms with Crippen LogP contribution in [0.3, 0.4) is 0 Å². The van der Waals surface area contributed by atoms with Crippen LogP contribution in [0.15, 0.2) is 36.4 Å². The van der Waals surface area contributed by atoms with E-state index in [1.54, 1.807) is 18.2 Å². The van der Waals surface area contributed by atoms with Gasteiger partial charge in [0.2, 0.25) is 11.8 Å². The molecule has 0 aliphatic carbocycles. The Balaban J connectivity index is 1.06. The molecule has 1 atom stereocenters. The third kappa shape index (κ3) is 4.28. The summed E-state index contributed by atoms with van der Waals surface area (Å²) in [5, 5.41) is 13.1. The Morgan fingerprint density at radius 2 is 1.62 bits per heavy atom. The molecule has 0 aromatic heterocycles. The number of hydrogen-bond donors (Lipinski definition) is 1. The highest BCUT2D eigenvalue weighted by Gasteiger charge is 2.45. The van der Waals surface area contributed by atoms with Crippen LogP contribution in [0.25, 0.3) is 0 Å². The number of carbonyl (C=O) groups excluding carboxylic acids is 4. The Morgan fingerprint density at radius 1 is 0.897 bits per heavy atom. The van der Waals surface area contributed by atoms with Crippen molar-refractivity contribution in [2.24, 2.45) is 0 Å². The summed E-state index contributed by atoms with van der Waals surface area (Å²) in [6.07, 6.45) is 0.183. The fraction of sp³-hybridized carbons (Fsp3) is 0.385. The van der Waals surface area contributed by atoms with E-state index in [4.69, 9.17) is 0 Å². The molecule has 202 valence electrons. The standard InChI is InChI=1S/C26H25FN6O6/c27-20-12-16(33(38)39)2-4-21(20)30-9-7-29(8-10-30)17-13-31(14-17)15-1-3-18-19(11-15)26(37)32(25(18)36)22-5-6-23(34)28-24(22)35/h1-4,11-12,17,22H,5-10,13-14H2,(H,28,34,35). The van der Waals surface area contributed by atoms with E-state index >= 15 is 0 Å². The third-order valence-electron chi connectivity index (χ3n) is 7.96. The minimum atomic E-state index is -0.995. The van der Waals surface area contributed by atoms with E-state index < -0.39 is 40.4 Å². The lowest BCUT2D eigenvalue weighted by Gasteiger charge is -2.49. The quantitative estimate of drug-likeness (QED) is 0.339. The van der Waals surface area contributed by atoms with Gasteiger partial charge in [-0.05, 0) is 30.7 Å². The van der Waals surface area contributed by atoms with Gasteiger partial charge in [-0.2, -0.15) is 0 Å². The van der Waals surface area contributed by atoms with Gasteiger partial charge in [0.05, 0.1) is 27.8 Å². The zero-order valence-corrected chi connectivity index (χ0v) is 20.8. The van der Waals surface area contributed by atoms with Gasteiger partial charge in [0.25, 0.3) is 17.5 Å². The fourth-order valence-electron chi connectivity index (χ4n) is 5.75. The highest BCUT2D eigenvalue weighted by atomic mass is 19.1. The number of piperazine rings is 1.